The molecule has 0 radical (unpaired) electrons. The Balaban J connectivity index is 2.34. The summed E-state index contributed by atoms with van der Waals surface area (Å²) in [5.41, 5.74) is -0.174. The summed E-state index contributed by atoms with van der Waals surface area (Å²) in [6.07, 6.45) is 5.20. The van der Waals surface area contributed by atoms with Gasteiger partial charge in [0, 0.05) is 14.2 Å². The number of hydrogen-bond acceptors (Lipinski definition) is 4. The largest absolute Gasteiger partial charge is 0.383 e. The van der Waals surface area contributed by atoms with Crippen molar-refractivity contribution in [1.29, 1.82) is 0 Å². The monoisotopic (exact) mass is 332 g/mol. The third-order valence-electron chi connectivity index (χ3n) is 3.80. The zero-order valence-electron chi connectivity index (χ0n) is 11.4. The fourth-order valence-electron chi connectivity index (χ4n) is 2.85. The first-order valence-corrected chi connectivity index (χ1v) is 7.38. The van der Waals surface area contributed by atoms with Gasteiger partial charge in [-0.3, -0.25) is 4.68 Å². The first-order chi connectivity index (χ1) is 9.13. The molecule has 108 valence electrons. The van der Waals surface area contributed by atoms with E-state index in [1.807, 2.05) is 4.68 Å². The minimum absolute atomic E-state index is 0.185. The highest BCUT2D eigenvalue weighted by Crippen LogP contribution is 2.41. The van der Waals surface area contributed by atoms with Gasteiger partial charge < -0.3 is 14.6 Å². The van der Waals surface area contributed by atoms with Crippen molar-refractivity contribution in [2.45, 2.75) is 43.9 Å². The molecule has 19 heavy (non-hydrogen) atoms. The second-order valence-electron chi connectivity index (χ2n) is 4.95. The van der Waals surface area contributed by atoms with Crippen LogP contribution in [-0.4, -0.2) is 41.8 Å². The quantitative estimate of drug-likeness (QED) is 0.896. The number of halogens is 1. The van der Waals surface area contributed by atoms with Gasteiger partial charge in [-0.05, 0) is 35.2 Å². The molecule has 2 atom stereocenters. The number of methoxy groups -OCH3 is 2. The van der Waals surface area contributed by atoms with E-state index in [1.54, 1.807) is 20.4 Å². The molecule has 0 saturated heterocycles. The Morgan fingerprint density at radius 2 is 2.32 bits per heavy atom. The van der Waals surface area contributed by atoms with E-state index in [9.17, 15) is 5.11 Å². The third kappa shape index (κ3) is 2.86. The van der Waals surface area contributed by atoms with Crippen LogP contribution in [0, 0.1) is 0 Å². The molecule has 0 amide bonds. The summed E-state index contributed by atoms with van der Waals surface area (Å²) >= 11 is 3.50. The summed E-state index contributed by atoms with van der Waals surface area (Å²) in [5, 5.41) is 15.4. The molecule has 0 aliphatic heterocycles. The number of hydrogen-bond donors (Lipinski definition) is 1. The van der Waals surface area contributed by atoms with Gasteiger partial charge in [-0.1, -0.05) is 6.42 Å². The number of aliphatic hydroxyl groups is 1. The smallest absolute Gasteiger partial charge is 0.133 e. The number of nitrogens with zero attached hydrogens (tertiary/aromatic N) is 2. The number of ether oxygens (including phenoxy) is 2. The van der Waals surface area contributed by atoms with Crippen molar-refractivity contribution in [3.05, 3.63) is 16.4 Å². The maximum atomic E-state index is 11.1. The van der Waals surface area contributed by atoms with Gasteiger partial charge in [-0.15, -0.1) is 0 Å². The summed E-state index contributed by atoms with van der Waals surface area (Å²) < 4.78 is 13.2. The molecule has 1 aromatic heterocycles. The van der Waals surface area contributed by atoms with Gasteiger partial charge in [0.25, 0.3) is 0 Å². The molecule has 2 rings (SSSR count). The molecule has 2 unspecified atom stereocenters. The Labute approximate surface area is 122 Å². The average Bonchev–Trinajstić information content (AvgIpc) is 2.78. The van der Waals surface area contributed by atoms with Crippen LogP contribution in [0.3, 0.4) is 0 Å². The van der Waals surface area contributed by atoms with E-state index >= 15 is 0 Å². The van der Waals surface area contributed by atoms with Gasteiger partial charge >= 0.3 is 0 Å². The molecule has 0 aromatic carbocycles. The van der Waals surface area contributed by atoms with E-state index in [0.717, 1.165) is 29.4 Å². The molecule has 1 aliphatic carbocycles. The van der Waals surface area contributed by atoms with Crippen LogP contribution in [0.2, 0.25) is 0 Å². The summed E-state index contributed by atoms with van der Waals surface area (Å²) in [4.78, 5) is 0. The van der Waals surface area contributed by atoms with Crippen molar-refractivity contribution in [3.63, 3.8) is 0 Å². The first kappa shape index (κ1) is 15.0. The standard InChI is InChI=1S/C13H21BrN2O3/c1-18-8-7-16-12(10(14)9-15-16)13(17)6-4-3-5-11(13)19-2/h9,11,17H,3-8H2,1-2H3. The molecule has 0 bridgehead atoms. The van der Waals surface area contributed by atoms with E-state index in [2.05, 4.69) is 21.0 Å². The molecule has 1 N–H and O–H groups in total. The lowest BCUT2D eigenvalue weighted by Gasteiger charge is -2.39. The van der Waals surface area contributed by atoms with Gasteiger partial charge in [0.1, 0.15) is 5.60 Å². The topological polar surface area (TPSA) is 56.5 Å². The van der Waals surface area contributed by atoms with E-state index in [0.29, 0.717) is 19.6 Å². The highest BCUT2D eigenvalue weighted by Gasteiger charge is 2.44. The molecule has 1 saturated carbocycles. The zero-order valence-corrected chi connectivity index (χ0v) is 13.0. The minimum atomic E-state index is -0.976. The summed E-state index contributed by atoms with van der Waals surface area (Å²) in [5.74, 6) is 0. The van der Waals surface area contributed by atoms with E-state index in [-0.39, 0.29) is 6.10 Å². The van der Waals surface area contributed by atoms with Crippen LogP contribution in [0.4, 0.5) is 0 Å². The van der Waals surface area contributed by atoms with Crippen LogP contribution < -0.4 is 0 Å². The summed E-state index contributed by atoms with van der Waals surface area (Å²) in [7, 11) is 3.32. The van der Waals surface area contributed by atoms with E-state index < -0.39 is 5.60 Å². The SMILES string of the molecule is COCCn1ncc(Br)c1C1(O)CCCCC1OC. The van der Waals surface area contributed by atoms with Crippen molar-refractivity contribution in [2.75, 3.05) is 20.8 Å². The predicted molar refractivity (Wildman–Crippen MR) is 75.0 cm³/mol. The lowest BCUT2D eigenvalue weighted by Crippen LogP contribution is -2.45. The third-order valence-corrected chi connectivity index (χ3v) is 4.38. The lowest BCUT2D eigenvalue weighted by atomic mass is 9.79. The summed E-state index contributed by atoms with van der Waals surface area (Å²) in [6.45, 7) is 1.19. The second kappa shape index (κ2) is 6.35. The number of rotatable bonds is 5. The second-order valence-corrected chi connectivity index (χ2v) is 5.81. The van der Waals surface area contributed by atoms with E-state index in [4.69, 9.17) is 9.47 Å². The highest BCUT2D eigenvalue weighted by atomic mass is 79.9. The summed E-state index contributed by atoms with van der Waals surface area (Å²) in [6, 6.07) is 0. The van der Waals surface area contributed by atoms with Crippen LogP contribution in [0.1, 0.15) is 31.4 Å². The maximum absolute atomic E-state index is 11.1. The van der Waals surface area contributed by atoms with Crippen molar-refractivity contribution < 1.29 is 14.6 Å². The molecule has 1 aliphatic rings. The van der Waals surface area contributed by atoms with Crippen LogP contribution in [0.5, 0.6) is 0 Å². The molecule has 1 heterocycles. The molecule has 1 fully saturated rings. The Hall–Kier alpha value is -0.430. The average molecular weight is 333 g/mol. The van der Waals surface area contributed by atoms with Gasteiger partial charge in [0.2, 0.25) is 0 Å². The fourth-order valence-corrected chi connectivity index (χ4v) is 3.49. The van der Waals surface area contributed by atoms with Crippen LogP contribution >= 0.6 is 15.9 Å². The van der Waals surface area contributed by atoms with Crippen molar-refractivity contribution >= 4 is 15.9 Å². The van der Waals surface area contributed by atoms with Gasteiger partial charge in [0.15, 0.2) is 0 Å². The number of aromatic nitrogens is 2. The molecule has 6 heteroatoms. The van der Waals surface area contributed by atoms with Crippen LogP contribution in [-0.2, 0) is 21.6 Å². The highest BCUT2D eigenvalue weighted by molar-refractivity contribution is 9.10. The molecular formula is C13H21BrN2O3. The lowest BCUT2D eigenvalue weighted by molar-refractivity contribution is -0.127. The zero-order chi connectivity index (χ0) is 13.9. The normalized spacial score (nSPS) is 27.7. The van der Waals surface area contributed by atoms with Crippen molar-refractivity contribution in [2.24, 2.45) is 0 Å². The Bertz CT molecular complexity index is 424. The van der Waals surface area contributed by atoms with E-state index in [1.165, 1.54) is 0 Å². The Kier molecular flexibility index (Phi) is 5.00. The minimum Gasteiger partial charge on any atom is -0.383 e. The molecule has 5 nitrogen and oxygen atoms in total. The predicted octanol–water partition coefficient (Wildman–Crippen LogP) is 2.07. The van der Waals surface area contributed by atoms with Gasteiger partial charge in [-0.25, -0.2) is 0 Å². The Morgan fingerprint density at radius 3 is 3.00 bits per heavy atom. The van der Waals surface area contributed by atoms with Crippen molar-refractivity contribution in [1.82, 2.24) is 9.78 Å². The van der Waals surface area contributed by atoms with Crippen molar-refractivity contribution in [3.8, 4) is 0 Å². The fraction of sp³-hybridized carbons (Fsp3) is 0.769. The first-order valence-electron chi connectivity index (χ1n) is 6.59. The molecule has 1 aromatic rings. The van der Waals surface area contributed by atoms with Gasteiger partial charge in [-0.2, -0.15) is 5.10 Å². The molecule has 0 spiro atoms. The molecular weight excluding hydrogens is 312 g/mol. The van der Waals surface area contributed by atoms with Gasteiger partial charge in [0.05, 0.1) is 35.6 Å². The maximum Gasteiger partial charge on any atom is 0.133 e. The van der Waals surface area contributed by atoms with Crippen LogP contribution in [0.15, 0.2) is 10.7 Å². The van der Waals surface area contributed by atoms with Crippen LogP contribution in [0.25, 0.3) is 0 Å². The Morgan fingerprint density at radius 1 is 1.53 bits per heavy atom.